The molecule has 0 saturated heterocycles. The molecule has 0 rings (SSSR count). The van der Waals surface area contributed by atoms with E-state index in [9.17, 15) is 4.79 Å². The van der Waals surface area contributed by atoms with Gasteiger partial charge >= 0.3 is 0 Å². The van der Waals surface area contributed by atoms with Gasteiger partial charge in [-0.1, -0.05) is 20.8 Å². The normalized spacial score (nSPS) is 15.1. The Balaban J connectivity index is 3.89. The van der Waals surface area contributed by atoms with Gasteiger partial charge in [0.05, 0.1) is 0 Å². The quantitative estimate of drug-likeness (QED) is 0.670. The highest BCUT2D eigenvalue weighted by Gasteiger charge is 2.16. The van der Waals surface area contributed by atoms with E-state index in [4.69, 9.17) is 5.73 Å². The molecule has 0 saturated carbocycles. The summed E-state index contributed by atoms with van der Waals surface area (Å²) in [5, 5.41) is 3.00. The maximum Gasteiger partial charge on any atom is 0.220 e. The number of rotatable bonds is 8. The minimum atomic E-state index is 0.137. The highest BCUT2D eigenvalue weighted by molar-refractivity contribution is 5.75. The van der Waals surface area contributed by atoms with E-state index in [1.807, 2.05) is 14.1 Å². The van der Waals surface area contributed by atoms with Crippen molar-refractivity contribution in [3.8, 4) is 0 Å². The van der Waals surface area contributed by atoms with E-state index in [0.29, 0.717) is 30.8 Å². The van der Waals surface area contributed by atoms with E-state index in [1.54, 1.807) is 0 Å². The fourth-order valence-corrected chi connectivity index (χ4v) is 1.82. The van der Waals surface area contributed by atoms with Crippen LogP contribution in [0.15, 0.2) is 0 Å². The predicted octanol–water partition coefficient (Wildman–Crippen LogP) is 1.06. The Labute approximate surface area is 106 Å². The molecule has 102 valence electrons. The minimum absolute atomic E-state index is 0.137. The molecular weight excluding hydrogens is 214 g/mol. The van der Waals surface area contributed by atoms with Gasteiger partial charge in [0, 0.05) is 19.0 Å². The number of amides is 1. The van der Waals surface area contributed by atoms with Gasteiger partial charge < -0.3 is 16.0 Å². The van der Waals surface area contributed by atoms with Crippen LogP contribution < -0.4 is 11.1 Å². The number of nitrogens with two attached hydrogens (primary N) is 1. The zero-order valence-electron chi connectivity index (χ0n) is 12.0. The van der Waals surface area contributed by atoms with Crippen molar-refractivity contribution in [1.82, 2.24) is 10.2 Å². The van der Waals surface area contributed by atoms with Gasteiger partial charge in [0.25, 0.3) is 0 Å². The SMILES string of the molecule is CC(CN)CCC(=O)NCC(C(C)C)N(C)C. The molecule has 0 aliphatic heterocycles. The highest BCUT2D eigenvalue weighted by Crippen LogP contribution is 2.07. The number of hydrogen-bond donors (Lipinski definition) is 2. The number of nitrogens with one attached hydrogen (secondary N) is 1. The lowest BCUT2D eigenvalue weighted by molar-refractivity contribution is -0.121. The van der Waals surface area contributed by atoms with Crippen LogP contribution in [0.2, 0.25) is 0 Å². The number of hydrogen-bond acceptors (Lipinski definition) is 3. The standard InChI is InChI=1S/C13H29N3O/c1-10(2)12(16(4)5)9-15-13(17)7-6-11(3)8-14/h10-12H,6-9,14H2,1-5H3,(H,15,17). The molecule has 2 unspecified atom stereocenters. The summed E-state index contributed by atoms with van der Waals surface area (Å²) in [5.74, 6) is 1.10. The van der Waals surface area contributed by atoms with Gasteiger partial charge in [-0.2, -0.15) is 0 Å². The highest BCUT2D eigenvalue weighted by atomic mass is 16.1. The van der Waals surface area contributed by atoms with Crippen LogP contribution in [-0.4, -0.2) is 44.0 Å². The number of likely N-dealkylation sites (N-methyl/N-ethyl adjacent to an activating group) is 1. The van der Waals surface area contributed by atoms with Crippen molar-refractivity contribution < 1.29 is 4.79 Å². The van der Waals surface area contributed by atoms with Gasteiger partial charge in [-0.05, 0) is 38.9 Å². The van der Waals surface area contributed by atoms with Crippen molar-refractivity contribution in [1.29, 1.82) is 0 Å². The molecule has 0 aromatic carbocycles. The molecule has 0 spiro atoms. The van der Waals surface area contributed by atoms with Crippen LogP contribution in [0.3, 0.4) is 0 Å². The fraction of sp³-hybridized carbons (Fsp3) is 0.923. The summed E-state index contributed by atoms with van der Waals surface area (Å²) in [6.07, 6.45) is 1.45. The van der Waals surface area contributed by atoms with Crippen molar-refractivity contribution >= 4 is 5.91 Å². The fourth-order valence-electron chi connectivity index (χ4n) is 1.82. The van der Waals surface area contributed by atoms with Crippen LogP contribution in [0.1, 0.15) is 33.6 Å². The van der Waals surface area contributed by atoms with E-state index in [2.05, 4.69) is 31.0 Å². The lowest BCUT2D eigenvalue weighted by Crippen LogP contribution is -2.43. The molecular formula is C13H29N3O. The number of carbonyl (C=O) groups is 1. The summed E-state index contributed by atoms with van der Waals surface area (Å²) in [7, 11) is 4.10. The molecule has 4 nitrogen and oxygen atoms in total. The topological polar surface area (TPSA) is 58.4 Å². The summed E-state index contributed by atoms with van der Waals surface area (Å²) in [6.45, 7) is 7.80. The van der Waals surface area contributed by atoms with Crippen molar-refractivity contribution in [2.75, 3.05) is 27.2 Å². The van der Waals surface area contributed by atoms with Crippen molar-refractivity contribution in [3.63, 3.8) is 0 Å². The first-order valence-corrected chi connectivity index (χ1v) is 6.51. The maximum absolute atomic E-state index is 11.6. The third-order valence-electron chi connectivity index (χ3n) is 3.21. The second-order valence-electron chi connectivity index (χ2n) is 5.46. The lowest BCUT2D eigenvalue weighted by atomic mass is 10.0. The second kappa shape index (κ2) is 8.48. The van der Waals surface area contributed by atoms with Crippen LogP contribution >= 0.6 is 0 Å². The zero-order chi connectivity index (χ0) is 13.4. The first-order valence-electron chi connectivity index (χ1n) is 6.51. The van der Waals surface area contributed by atoms with Gasteiger partial charge in [-0.15, -0.1) is 0 Å². The van der Waals surface area contributed by atoms with E-state index in [-0.39, 0.29) is 5.91 Å². The van der Waals surface area contributed by atoms with Gasteiger partial charge in [0.15, 0.2) is 0 Å². The van der Waals surface area contributed by atoms with Gasteiger partial charge in [0.1, 0.15) is 0 Å². The first kappa shape index (κ1) is 16.4. The van der Waals surface area contributed by atoms with E-state index in [0.717, 1.165) is 13.0 Å². The Morgan fingerprint density at radius 1 is 1.29 bits per heavy atom. The lowest BCUT2D eigenvalue weighted by Gasteiger charge is -2.28. The summed E-state index contributed by atoms with van der Waals surface area (Å²) in [6, 6.07) is 0.394. The molecule has 0 fully saturated rings. The molecule has 2 atom stereocenters. The number of nitrogens with zero attached hydrogens (tertiary/aromatic N) is 1. The molecule has 17 heavy (non-hydrogen) atoms. The van der Waals surface area contributed by atoms with E-state index >= 15 is 0 Å². The number of carbonyl (C=O) groups excluding carboxylic acids is 1. The zero-order valence-corrected chi connectivity index (χ0v) is 12.0. The Morgan fingerprint density at radius 3 is 2.29 bits per heavy atom. The van der Waals surface area contributed by atoms with Crippen LogP contribution in [0.5, 0.6) is 0 Å². The van der Waals surface area contributed by atoms with Crippen LogP contribution in [0.25, 0.3) is 0 Å². The Morgan fingerprint density at radius 2 is 1.88 bits per heavy atom. The molecule has 0 aromatic heterocycles. The summed E-state index contributed by atoms with van der Waals surface area (Å²) in [5.41, 5.74) is 5.52. The molecule has 0 heterocycles. The summed E-state index contributed by atoms with van der Waals surface area (Å²) in [4.78, 5) is 13.8. The smallest absolute Gasteiger partial charge is 0.220 e. The van der Waals surface area contributed by atoms with Gasteiger partial charge in [0.2, 0.25) is 5.91 Å². The van der Waals surface area contributed by atoms with Gasteiger partial charge in [-0.25, -0.2) is 0 Å². The molecule has 1 amide bonds. The molecule has 4 heteroatoms. The molecule has 0 aliphatic rings. The molecule has 0 aromatic rings. The van der Waals surface area contributed by atoms with Crippen LogP contribution in [0, 0.1) is 11.8 Å². The Bertz CT molecular complexity index is 209. The third-order valence-corrected chi connectivity index (χ3v) is 3.21. The van der Waals surface area contributed by atoms with Crippen molar-refractivity contribution in [2.24, 2.45) is 17.6 Å². The largest absolute Gasteiger partial charge is 0.355 e. The average molecular weight is 243 g/mol. The van der Waals surface area contributed by atoms with E-state index in [1.165, 1.54) is 0 Å². The first-order chi connectivity index (χ1) is 7.88. The average Bonchev–Trinajstić information content (AvgIpc) is 2.25. The summed E-state index contributed by atoms with van der Waals surface area (Å²) >= 11 is 0. The summed E-state index contributed by atoms with van der Waals surface area (Å²) < 4.78 is 0. The molecule has 0 aliphatic carbocycles. The molecule has 0 radical (unpaired) electrons. The van der Waals surface area contributed by atoms with Crippen molar-refractivity contribution in [2.45, 2.75) is 39.7 Å². The van der Waals surface area contributed by atoms with E-state index < -0.39 is 0 Å². The second-order valence-corrected chi connectivity index (χ2v) is 5.46. The molecule has 3 N–H and O–H groups in total. The van der Waals surface area contributed by atoms with Crippen LogP contribution in [0.4, 0.5) is 0 Å². The maximum atomic E-state index is 11.6. The van der Waals surface area contributed by atoms with Crippen LogP contribution in [-0.2, 0) is 4.79 Å². The Hall–Kier alpha value is -0.610. The Kier molecular flexibility index (Phi) is 8.17. The van der Waals surface area contributed by atoms with Gasteiger partial charge in [-0.3, -0.25) is 4.79 Å². The third kappa shape index (κ3) is 7.34. The van der Waals surface area contributed by atoms with Crippen molar-refractivity contribution in [3.05, 3.63) is 0 Å². The predicted molar refractivity (Wildman–Crippen MR) is 72.8 cm³/mol. The monoisotopic (exact) mass is 243 g/mol. The molecule has 0 bridgehead atoms. The minimum Gasteiger partial charge on any atom is -0.355 e.